The Morgan fingerprint density at radius 1 is 0.875 bits per heavy atom. The molecule has 1 aromatic heterocycles. The van der Waals surface area contributed by atoms with E-state index in [0.29, 0.717) is 54.6 Å². The number of rotatable bonds is 5. The number of methoxy groups -OCH3 is 2. The molecule has 166 valence electrons. The SMILES string of the molecule is COc1ccc(C(=O)N2CCN(C(=O)c3cc(-c4ccc(Br)cc4)n[nH]3)CC2)cc1OC. The number of hydrogen-bond acceptors (Lipinski definition) is 5. The van der Waals surface area contributed by atoms with Gasteiger partial charge in [-0.3, -0.25) is 14.7 Å². The van der Waals surface area contributed by atoms with Gasteiger partial charge in [0.2, 0.25) is 0 Å². The predicted molar refractivity (Wildman–Crippen MR) is 123 cm³/mol. The highest BCUT2D eigenvalue weighted by molar-refractivity contribution is 9.10. The second kappa shape index (κ2) is 9.44. The van der Waals surface area contributed by atoms with Crippen LogP contribution in [0.4, 0.5) is 0 Å². The second-order valence-corrected chi connectivity index (χ2v) is 8.24. The van der Waals surface area contributed by atoms with Crippen LogP contribution < -0.4 is 9.47 Å². The van der Waals surface area contributed by atoms with Crippen LogP contribution in [0.25, 0.3) is 11.3 Å². The van der Waals surface area contributed by atoms with Crippen LogP contribution in [-0.2, 0) is 0 Å². The maximum atomic E-state index is 12.9. The van der Waals surface area contributed by atoms with Crippen molar-refractivity contribution in [3.05, 3.63) is 64.3 Å². The van der Waals surface area contributed by atoms with E-state index in [2.05, 4.69) is 26.1 Å². The molecule has 4 rings (SSSR count). The van der Waals surface area contributed by atoms with E-state index >= 15 is 0 Å². The van der Waals surface area contributed by atoms with E-state index in [-0.39, 0.29) is 11.8 Å². The summed E-state index contributed by atoms with van der Waals surface area (Å²) >= 11 is 3.41. The zero-order valence-electron chi connectivity index (χ0n) is 17.8. The number of hydrogen-bond donors (Lipinski definition) is 1. The molecule has 2 heterocycles. The maximum Gasteiger partial charge on any atom is 0.272 e. The molecule has 8 nitrogen and oxygen atoms in total. The zero-order chi connectivity index (χ0) is 22.7. The summed E-state index contributed by atoms with van der Waals surface area (Å²) < 4.78 is 11.5. The number of carbonyl (C=O) groups is 2. The number of aromatic nitrogens is 2. The average molecular weight is 499 g/mol. The lowest BCUT2D eigenvalue weighted by atomic mass is 10.1. The van der Waals surface area contributed by atoms with E-state index in [1.807, 2.05) is 24.3 Å². The fraction of sp³-hybridized carbons (Fsp3) is 0.261. The van der Waals surface area contributed by atoms with Crippen molar-refractivity contribution in [2.45, 2.75) is 0 Å². The van der Waals surface area contributed by atoms with Crippen molar-refractivity contribution in [1.82, 2.24) is 20.0 Å². The third-order valence-corrected chi connectivity index (χ3v) is 5.96. The highest BCUT2D eigenvalue weighted by Crippen LogP contribution is 2.28. The largest absolute Gasteiger partial charge is 0.493 e. The molecule has 1 saturated heterocycles. The minimum absolute atomic E-state index is 0.0999. The minimum atomic E-state index is -0.126. The molecular weight excluding hydrogens is 476 g/mol. The first-order chi connectivity index (χ1) is 15.5. The molecule has 0 aliphatic carbocycles. The van der Waals surface area contributed by atoms with E-state index in [9.17, 15) is 9.59 Å². The number of amides is 2. The van der Waals surface area contributed by atoms with Crippen LogP contribution in [0.3, 0.4) is 0 Å². The van der Waals surface area contributed by atoms with E-state index < -0.39 is 0 Å². The molecule has 0 bridgehead atoms. The first-order valence-electron chi connectivity index (χ1n) is 10.1. The van der Waals surface area contributed by atoms with Crippen molar-refractivity contribution < 1.29 is 19.1 Å². The molecule has 0 spiro atoms. The van der Waals surface area contributed by atoms with Crippen LogP contribution in [0.2, 0.25) is 0 Å². The summed E-state index contributed by atoms with van der Waals surface area (Å²) in [4.78, 5) is 29.3. The molecule has 1 fully saturated rings. The summed E-state index contributed by atoms with van der Waals surface area (Å²) in [6.45, 7) is 1.80. The molecule has 2 aromatic carbocycles. The number of nitrogens with one attached hydrogen (secondary N) is 1. The third kappa shape index (κ3) is 4.47. The van der Waals surface area contributed by atoms with Crippen molar-refractivity contribution in [3.8, 4) is 22.8 Å². The molecule has 0 unspecified atom stereocenters. The Hall–Kier alpha value is -3.33. The van der Waals surface area contributed by atoms with Gasteiger partial charge in [0.05, 0.1) is 19.9 Å². The van der Waals surface area contributed by atoms with Crippen LogP contribution in [0.1, 0.15) is 20.8 Å². The Morgan fingerprint density at radius 3 is 2.12 bits per heavy atom. The number of aromatic amines is 1. The van der Waals surface area contributed by atoms with Gasteiger partial charge in [-0.25, -0.2) is 0 Å². The number of piperazine rings is 1. The van der Waals surface area contributed by atoms with Gasteiger partial charge in [-0.2, -0.15) is 5.10 Å². The molecule has 3 aromatic rings. The monoisotopic (exact) mass is 498 g/mol. The zero-order valence-corrected chi connectivity index (χ0v) is 19.4. The number of benzene rings is 2. The maximum absolute atomic E-state index is 12.9. The van der Waals surface area contributed by atoms with Gasteiger partial charge in [0.25, 0.3) is 11.8 Å². The van der Waals surface area contributed by atoms with Gasteiger partial charge >= 0.3 is 0 Å². The van der Waals surface area contributed by atoms with Crippen molar-refractivity contribution >= 4 is 27.7 Å². The van der Waals surface area contributed by atoms with Crippen LogP contribution in [-0.4, -0.2) is 72.2 Å². The van der Waals surface area contributed by atoms with Gasteiger partial charge in [0.1, 0.15) is 5.69 Å². The third-order valence-electron chi connectivity index (χ3n) is 5.43. The highest BCUT2D eigenvalue weighted by Gasteiger charge is 2.27. The summed E-state index contributed by atoms with van der Waals surface area (Å²) in [6, 6.07) is 14.6. The summed E-state index contributed by atoms with van der Waals surface area (Å²) in [6.07, 6.45) is 0. The topological polar surface area (TPSA) is 87.8 Å². The van der Waals surface area contributed by atoms with Crippen LogP contribution in [0.5, 0.6) is 11.5 Å². The first-order valence-corrected chi connectivity index (χ1v) is 10.9. The van der Waals surface area contributed by atoms with Gasteiger partial charge in [-0.15, -0.1) is 0 Å². The predicted octanol–water partition coefficient (Wildman–Crippen LogP) is 3.45. The van der Waals surface area contributed by atoms with Crippen molar-refractivity contribution in [2.75, 3.05) is 40.4 Å². The molecule has 1 N–H and O–H groups in total. The lowest BCUT2D eigenvalue weighted by Crippen LogP contribution is -2.50. The molecule has 0 saturated carbocycles. The fourth-order valence-electron chi connectivity index (χ4n) is 3.63. The molecule has 1 aliphatic rings. The number of nitrogens with zero attached hydrogens (tertiary/aromatic N) is 3. The van der Waals surface area contributed by atoms with Crippen LogP contribution in [0, 0.1) is 0 Å². The Labute approximate surface area is 194 Å². The van der Waals surface area contributed by atoms with E-state index in [0.717, 1.165) is 10.0 Å². The average Bonchev–Trinajstić information content (AvgIpc) is 3.33. The van der Waals surface area contributed by atoms with Gasteiger partial charge < -0.3 is 19.3 Å². The summed E-state index contributed by atoms with van der Waals surface area (Å²) in [5.74, 6) is 0.853. The molecule has 32 heavy (non-hydrogen) atoms. The minimum Gasteiger partial charge on any atom is -0.493 e. The summed E-state index contributed by atoms with van der Waals surface area (Å²) in [7, 11) is 3.09. The normalized spacial score (nSPS) is 13.7. The second-order valence-electron chi connectivity index (χ2n) is 7.33. The summed E-state index contributed by atoms with van der Waals surface area (Å²) in [5.41, 5.74) is 2.59. The molecule has 0 atom stereocenters. The molecular formula is C23H23BrN4O4. The quantitative estimate of drug-likeness (QED) is 0.581. The first kappa shape index (κ1) is 21.9. The van der Waals surface area contributed by atoms with E-state index in [4.69, 9.17) is 9.47 Å². The smallest absolute Gasteiger partial charge is 0.272 e. The van der Waals surface area contributed by atoms with Crippen molar-refractivity contribution in [2.24, 2.45) is 0 Å². The van der Waals surface area contributed by atoms with Crippen molar-refractivity contribution in [3.63, 3.8) is 0 Å². The Morgan fingerprint density at radius 2 is 1.50 bits per heavy atom. The van der Waals surface area contributed by atoms with Crippen molar-refractivity contribution in [1.29, 1.82) is 0 Å². The lowest BCUT2D eigenvalue weighted by Gasteiger charge is -2.34. The number of ether oxygens (including phenoxy) is 2. The molecule has 2 amide bonds. The van der Waals surface area contributed by atoms with E-state index in [1.54, 1.807) is 41.2 Å². The fourth-order valence-corrected chi connectivity index (χ4v) is 3.90. The highest BCUT2D eigenvalue weighted by atomic mass is 79.9. The van der Waals surface area contributed by atoms with E-state index in [1.165, 1.54) is 7.11 Å². The molecule has 0 radical (unpaired) electrons. The Bertz CT molecular complexity index is 1120. The van der Waals surface area contributed by atoms with Gasteiger partial charge in [0.15, 0.2) is 11.5 Å². The summed E-state index contributed by atoms with van der Waals surface area (Å²) in [5, 5.41) is 7.11. The Balaban J connectivity index is 1.39. The van der Waals surface area contributed by atoms with Crippen LogP contribution >= 0.6 is 15.9 Å². The Kier molecular flexibility index (Phi) is 6.45. The number of carbonyl (C=O) groups excluding carboxylic acids is 2. The number of H-pyrrole nitrogens is 1. The molecule has 9 heteroatoms. The van der Waals surface area contributed by atoms with Crippen LogP contribution in [0.15, 0.2) is 53.0 Å². The van der Waals surface area contributed by atoms with Gasteiger partial charge in [-0.05, 0) is 36.4 Å². The lowest BCUT2D eigenvalue weighted by molar-refractivity contribution is 0.0532. The molecule has 1 aliphatic heterocycles. The standard InChI is InChI=1S/C23H23BrN4O4/c1-31-20-8-5-16(13-21(20)32-2)22(29)27-9-11-28(12-10-27)23(30)19-14-18(25-26-19)15-3-6-17(24)7-4-15/h3-8,13-14H,9-12H2,1-2H3,(H,25,26). The van der Waals surface area contributed by atoms with Gasteiger partial charge in [0, 0.05) is 41.8 Å². The van der Waals surface area contributed by atoms with Gasteiger partial charge in [-0.1, -0.05) is 28.1 Å². The number of halogens is 1.